The van der Waals surface area contributed by atoms with Gasteiger partial charge < -0.3 is 15.3 Å². The Hall–Kier alpha value is -3.06. The first kappa shape index (κ1) is 30.2. The highest BCUT2D eigenvalue weighted by Crippen LogP contribution is 2.34. The van der Waals surface area contributed by atoms with Crippen LogP contribution in [0.1, 0.15) is 39.7 Å². The van der Waals surface area contributed by atoms with Crippen LogP contribution in [0.3, 0.4) is 0 Å². The molecule has 13 heteroatoms. The number of hydrogen-bond acceptors (Lipinski definition) is 5. The molecule has 7 nitrogen and oxygen atoms in total. The first-order valence-electron chi connectivity index (χ1n) is 11.2. The van der Waals surface area contributed by atoms with E-state index < -0.39 is 42.4 Å². The van der Waals surface area contributed by atoms with Gasteiger partial charge >= 0.3 is 12.5 Å². The third-order valence-electron chi connectivity index (χ3n) is 5.45. The lowest BCUT2D eigenvalue weighted by Crippen LogP contribution is -2.45. The molecule has 2 N–H and O–H groups in total. The number of aliphatic hydroxyl groups is 1. The van der Waals surface area contributed by atoms with Crippen molar-refractivity contribution in [2.24, 2.45) is 0 Å². The van der Waals surface area contributed by atoms with Crippen molar-refractivity contribution >= 4 is 22.5 Å². The van der Waals surface area contributed by atoms with Crippen LogP contribution in [0.25, 0.3) is 10.9 Å². The monoisotopic (exact) mass is 536 g/mol. The van der Waals surface area contributed by atoms with Gasteiger partial charge in [0.2, 0.25) is 0 Å². The minimum Gasteiger partial charge on any atom is -0.386 e. The van der Waals surface area contributed by atoms with Gasteiger partial charge in [-0.05, 0) is 51.8 Å². The van der Waals surface area contributed by atoms with Gasteiger partial charge in [0.15, 0.2) is 0 Å². The summed E-state index contributed by atoms with van der Waals surface area (Å²) in [4.78, 5) is 14.0. The molecule has 1 atom stereocenters. The number of aryl methyl sites for hydroxylation is 1. The highest BCUT2D eigenvalue weighted by molar-refractivity contribution is 5.99. The number of nitrogens with zero attached hydrogens (tertiary/aromatic N) is 3. The highest BCUT2D eigenvalue weighted by Gasteiger charge is 2.40. The fourth-order valence-corrected chi connectivity index (χ4v) is 3.90. The predicted octanol–water partition coefficient (Wildman–Crippen LogP) is 5.47. The third kappa shape index (κ3) is 7.96. The van der Waals surface area contributed by atoms with E-state index in [0.717, 1.165) is 18.0 Å². The molecule has 1 aromatic carbocycles. The Morgan fingerprint density at radius 3 is 2.38 bits per heavy atom. The number of hydrogen-bond donors (Lipinski definition) is 2. The lowest BCUT2D eigenvalue weighted by Gasteiger charge is -2.32. The van der Waals surface area contributed by atoms with E-state index >= 15 is 0 Å². The van der Waals surface area contributed by atoms with Gasteiger partial charge in [-0.1, -0.05) is 12.7 Å². The molecule has 206 valence electrons. The summed E-state index contributed by atoms with van der Waals surface area (Å²) in [6.45, 7) is 8.77. The molecule has 0 aliphatic heterocycles. The van der Waals surface area contributed by atoms with Gasteiger partial charge in [-0.25, -0.2) is 0 Å². The second kappa shape index (κ2) is 11.1. The van der Waals surface area contributed by atoms with E-state index in [1.54, 1.807) is 0 Å². The summed E-state index contributed by atoms with van der Waals surface area (Å²) in [5, 5.41) is 18.1. The van der Waals surface area contributed by atoms with Crippen molar-refractivity contribution in [3.8, 4) is 0 Å². The molecular weight excluding hydrogens is 506 g/mol. The molecule has 0 spiro atoms. The van der Waals surface area contributed by atoms with Crippen LogP contribution in [0.2, 0.25) is 0 Å². The van der Waals surface area contributed by atoms with E-state index in [1.807, 2.05) is 0 Å². The minimum absolute atomic E-state index is 0.0224. The first-order valence-corrected chi connectivity index (χ1v) is 11.2. The number of carbonyl (C=O) groups excluding carboxylic acids is 1. The summed E-state index contributed by atoms with van der Waals surface area (Å²) in [7, 11) is 1.13. The van der Waals surface area contributed by atoms with Gasteiger partial charge in [0.05, 0.1) is 17.7 Å². The maximum Gasteiger partial charge on any atom is 0.522 e. The Morgan fingerprint density at radius 1 is 1.27 bits per heavy atom. The van der Waals surface area contributed by atoms with Crippen LogP contribution < -0.4 is 5.32 Å². The minimum atomic E-state index is -4.73. The van der Waals surface area contributed by atoms with E-state index in [-0.39, 0.29) is 29.8 Å². The van der Waals surface area contributed by atoms with Crippen LogP contribution in [0, 0.1) is 0 Å². The molecule has 1 amide bonds. The Bertz CT molecular complexity index is 1160. The zero-order chi connectivity index (χ0) is 28.3. The van der Waals surface area contributed by atoms with E-state index in [0.29, 0.717) is 10.9 Å². The van der Waals surface area contributed by atoms with Crippen LogP contribution in [0.5, 0.6) is 0 Å². The van der Waals surface area contributed by atoms with Gasteiger partial charge in [0, 0.05) is 36.4 Å². The van der Waals surface area contributed by atoms with Crippen molar-refractivity contribution in [1.29, 1.82) is 0 Å². The number of benzene rings is 1. The fourth-order valence-electron chi connectivity index (χ4n) is 3.90. The quantitative estimate of drug-likeness (QED) is 0.239. The largest absolute Gasteiger partial charge is 0.522 e. The summed E-state index contributed by atoms with van der Waals surface area (Å²) in [5.74, 6) is -0.805. The normalized spacial score (nSPS) is 14.1. The molecule has 0 radical (unpaired) electrons. The number of fused-ring (bicyclic) bond motifs is 1. The maximum absolute atomic E-state index is 13.5. The van der Waals surface area contributed by atoms with Crippen molar-refractivity contribution in [1.82, 2.24) is 14.7 Å². The summed E-state index contributed by atoms with van der Waals surface area (Å²) < 4.78 is 82.1. The van der Waals surface area contributed by atoms with Crippen LogP contribution in [0.15, 0.2) is 42.3 Å². The maximum atomic E-state index is 13.5. The van der Waals surface area contributed by atoms with Crippen molar-refractivity contribution < 1.29 is 41.0 Å². The van der Waals surface area contributed by atoms with E-state index in [1.165, 1.54) is 50.7 Å². The topological polar surface area (TPSA) is 79.6 Å². The molecule has 2 rings (SSSR count). The second-order valence-corrected chi connectivity index (χ2v) is 9.08. The summed E-state index contributed by atoms with van der Waals surface area (Å²) in [6.07, 6.45) is -7.02. The summed E-state index contributed by atoms with van der Waals surface area (Å²) >= 11 is 0. The number of ether oxygens (including phenoxy) is 1. The number of allylic oxidation sites excluding steroid dienone is 2. The summed E-state index contributed by atoms with van der Waals surface area (Å²) in [6, 6.07) is 1.61. The molecule has 1 heterocycles. The number of nitrogens with one attached hydrogen (secondary N) is 1. The number of carbonyl (C=O) groups is 1. The predicted molar refractivity (Wildman–Crippen MR) is 126 cm³/mol. The molecule has 37 heavy (non-hydrogen) atoms. The Labute approximate surface area is 210 Å². The molecule has 1 unspecified atom stereocenters. The molecule has 2 aromatic rings. The fraction of sp³-hybridized carbons (Fsp3) is 0.500. The molecule has 0 aliphatic rings. The lowest BCUT2D eigenvalue weighted by molar-refractivity contribution is -0.324. The SMILES string of the molecule is C=C(C)C(C(=O)Nc1cc2cn(CCCOC(F)(F)F)nc2cc1C(C)(C)O)N(C)/C(=C\C)C(F)(F)F. The van der Waals surface area contributed by atoms with Crippen LogP contribution >= 0.6 is 0 Å². The second-order valence-electron chi connectivity index (χ2n) is 9.08. The number of rotatable bonds is 10. The zero-order valence-electron chi connectivity index (χ0n) is 21.1. The Morgan fingerprint density at radius 2 is 1.89 bits per heavy atom. The molecule has 1 aromatic heterocycles. The Balaban J connectivity index is 2.39. The van der Waals surface area contributed by atoms with Gasteiger partial charge in [-0.3, -0.25) is 14.2 Å². The van der Waals surface area contributed by atoms with E-state index in [2.05, 4.69) is 21.7 Å². The van der Waals surface area contributed by atoms with E-state index in [9.17, 15) is 36.2 Å². The average Bonchev–Trinajstić information content (AvgIpc) is 3.10. The standard InChI is InChI=1S/C24H30F6N4O3/c1-7-19(23(25,26)27)33(6)20(14(2)3)21(35)31-18-11-15-13-34(9-8-10-37-24(28,29)30)32-17(15)12-16(18)22(4,5)36/h7,11-13,20,36H,2,8-10H2,1,3-6H3,(H,31,35)/b19-7-. The molecular formula is C24H30F6N4O3. The van der Waals surface area contributed by atoms with Gasteiger partial charge in [0.25, 0.3) is 5.91 Å². The number of anilines is 1. The molecule has 0 aliphatic carbocycles. The van der Waals surface area contributed by atoms with Crippen molar-refractivity contribution in [2.45, 2.75) is 64.8 Å². The van der Waals surface area contributed by atoms with Crippen LogP contribution in [0.4, 0.5) is 32.0 Å². The third-order valence-corrected chi connectivity index (χ3v) is 5.45. The van der Waals surface area contributed by atoms with Crippen molar-refractivity contribution in [2.75, 3.05) is 19.0 Å². The molecule has 0 fully saturated rings. The van der Waals surface area contributed by atoms with E-state index in [4.69, 9.17) is 0 Å². The van der Waals surface area contributed by atoms with Crippen LogP contribution in [-0.2, 0) is 21.7 Å². The van der Waals surface area contributed by atoms with Gasteiger partial charge in [-0.15, -0.1) is 13.2 Å². The molecule has 0 saturated heterocycles. The number of amides is 1. The molecule has 0 bridgehead atoms. The smallest absolute Gasteiger partial charge is 0.386 e. The van der Waals surface area contributed by atoms with Gasteiger partial charge in [-0.2, -0.15) is 18.3 Å². The molecule has 0 saturated carbocycles. The summed E-state index contributed by atoms with van der Waals surface area (Å²) in [5.41, 5.74) is -1.57. The lowest BCUT2D eigenvalue weighted by atomic mass is 9.95. The van der Waals surface area contributed by atoms with Crippen molar-refractivity contribution in [3.05, 3.63) is 47.8 Å². The number of likely N-dealkylation sites (N-methyl/N-ethyl adjacent to an activating group) is 1. The van der Waals surface area contributed by atoms with Crippen LogP contribution in [-0.4, -0.2) is 57.9 Å². The van der Waals surface area contributed by atoms with Gasteiger partial charge in [0.1, 0.15) is 11.7 Å². The zero-order valence-corrected chi connectivity index (χ0v) is 21.1. The number of halogens is 6. The number of aromatic nitrogens is 2. The highest BCUT2D eigenvalue weighted by atomic mass is 19.4. The number of alkyl halides is 6. The average molecular weight is 537 g/mol. The Kier molecular flexibility index (Phi) is 9.08. The van der Waals surface area contributed by atoms with Crippen molar-refractivity contribution in [3.63, 3.8) is 0 Å². The first-order chi connectivity index (χ1) is 16.8.